The van der Waals surface area contributed by atoms with Gasteiger partial charge in [-0.3, -0.25) is 4.99 Å². The van der Waals surface area contributed by atoms with Crippen LogP contribution in [0.15, 0.2) is 17.3 Å². The first kappa shape index (κ1) is 11.5. The van der Waals surface area contributed by atoms with Gasteiger partial charge in [0, 0.05) is 17.8 Å². The van der Waals surface area contributed by atoms with Crippen LogP contribution in [0.5, 0.6) is 0 Å². The second-order valence-corrected chi connectivity index (χ2v) is 6.32. The fraction of sp³-hybridized carbons (Fsp3) is 0.769. The molecule has 0 saturated carbocycles. The predicted octanol–water partition coefficient (Wildman–Crippen LogP) is 4.05. The highest BCUT2D eigenvalue weighted by molar-refractivity contribution is 5.62. The van der Waals surface area contributed by atoms with Crippen molar-refractivity contribution in [3.63, 3.8) is 0 Å². The Labute approximate surface area is 88.3 Å². The third kappa shape index (κ3) is 1.65. The normalized spacial score (nSPS) is 21.3. The number of allylic oxidation sites excluding steroid dienone is 1. The molecule has 1 aliphatic rings. The van der Waals surface area contributed by atoms with Crippen molar-refractivity contribution in [3.8, 4) is 0 Å². The van der Waals surface area contributed by atoms with Crippen molar-refractivity contribution in [2.45, 2.75) is 48.0 Å². The van der Waals surface area contributed by atoms with Crippen molar-refractivity contribution in [2.75, 3.05) is 0 Å². The predicted molar refractivity (Wildman–Crippen MR) is 63.6 cm³/mol. The summed E-state index contributed by atoms with van der Waals surface area (Å²) in [4.78, 5) is 4.19. The maximum absolute atomic E-state index is 4.19. The topological polar surface area (TPSA) is 12.4 Å². The minimum atomic E-state index is 0.224. The Bertz CT molecular complexity index is 244. The number of aliphatic imine (C=N–C) groups is 1. The summed E-state index contributed by atoms with van der Waals surface area (Å²) >= 11 is 0. The van der Waals surface area contributed by atoms with E-state index in [1.54, 1.807) is 0 Å². The molecule has 1 nitrogen and oxygen atoms in total. The smallest absolute Gasteiger partial charge is 0.0230 e. The van der Waals surface area contributed by atoms with Crippen molar-refractivity contribution in [2.24, 2.45) is 21.2 Å². The van der Waals surface area contributed by atoms with Crippen LogP contribution in [-0.2, 0) is 0 Å². The first-order valence-electron chi connectivity index (χ1n) is 5.40. The minimum Gasteiger partial charge on any atom is -0.269 e. The lowest BCUT2D eigenvalue weighted by atomic mass is 9.52. The Kier molecular flexibility index (Phi) is 2.64. The van der Waals surface area contributed by atoms with E-state index < -0.39 is 0 Å². The molecule has 0 amide bonds. The maximum Gasteiger partial charge on any atom is 0.0230 e. The summed E-state index contributed by atoms with van der Waals surface area (Å²) in [5, 5.41) is 0. The lowest BCUT2D eigenvalue weighted by Gasteiger charge is -2.52. The quantitative estimate of drug-likeness (QED) is 0.550. The van der Waals surface area contributed by atoms with E-state index in [0.29, 0.717) is 0 Å². The highest BCUT2D eigenvalue weighted by Gasteiger charge is 2.48. The summed E-state index contributed by atoms with van der Waals surface area (Å²) < 4.78 is 0. The average molecular weight is 193 g/mol. The molecule has 1 heterocycles. The molecule has 0 radical (unpaired) electrons. The zero-order valence-corrected chi connectivity index (χ0v) is 10.4. The average Bonchev–Trinajstić information content (AvgIpc) is 2.02. The van der Waals surface area contributed by atoms with Gasteiger partial charge >= 0.3 is 0 Å². The minimum absolute atomic E-state index is 0.224. The molecular weight excluding hydrogens is 170 g/mol. The zero-order valence-electron chi connectivity index (χ0n) is 10.4. The Morgan fingerprint density at radius 2 is 1.50 bits per heavy atom. The SMILES string of the molecule is CC(C)(C)C1(C(C)(C)C)C=CN=CC1. The highest BCUT2D eigenvalue weighted by atomic mass is 14.7. The first-order chi connectivity index (χ1) is 6.21. The number of hydrogen-bond acceptors (Lipinski definition) is 1. The van der Waals surface area contributed by atoms with Gasteiger partial charge < -0.3 is 0 Å². The van der Waals surface area contributed by atoms with Gasteiger partial charge in [0.2, 0.25) is 0 Å². The lowest BCUT2D eigenvalue weighted by Crippen LogP contribution is -2.45. The van der Waals surface area contributed by atoms with Gasteiger partial charge in [-0.25, -0.2) is 0 Å². The summed E-state index contributed by atoms with van der Waals surface area (Å²) in [7, 11) is 0. The monoisotopic (exact) mass is 193 g/mol. The van der Waals surface area contributed by atoms with E-state index in [2.05, 4.69) is 58.8 Å². The summed E-state index contributed by atoms with van der Waals surface area (Å²) in [5.41, 5.74) is 0.768. The van der Waals surface area contributed by atoms with Gasteiger partial charge in [-0.15, -0.1) is 0 Å². The molecule has 1 heteroatoms. The van der Waals surface area contributed by atoms with Crippen LogP contribution in [0.25, 0.3) is 0 Å². The van der Waals surface area contributed by atoms with Crippen LogP contribution in [0.3, 0.4) is 0 Å². The van der Waals surface area contributed by atoms with Crippen LogP contribution in [0.1, 0.15) is 48.0 Å². The van der Waals surface area contributed by atoms with Gasteiger partial charge in [0.25, 0.3) is 0 Å². The largest absolute Gasteiger partial charge is 0.269 e. The summed E-state index contributed by atoms with van der Waals surface area (Å²) in [6.07, 6.45) is 7.36. The Hall–Kier alpha value is -0.590. The van der Waals surface area contributed by atoms with Gasteiger partial charge in [0.15, 0.2) is 0 Å². The molecule has 0 atom stereocenters. The molecule has 1 rings (SSSR count). The fourth-order valence-corrected chi connectivity index (χ4v) is 2.73. The Morgan fingerprint density at radius 1 is 1.00 bits per heavy atom. The third-order valence-corrected chi connectivity index (χ3v) is 3.64. The van der Waals surface area contributed by atoms with Crippen LogP contribution >= 0.6 is 0 Å². The maximum atomic E-state index is 4.19. The van der Waals surface area contributed by atoms with Gasteiger partial charge in [0.05, 0.1) is 0 Å². The van der Waals surface area contributed by atoms with Gasteiger partial charge in [0.1, 0.15) is 0 Å². The Balaban J connectivity index is 3.18. The van der Waals surface area contributed by atoms with Crippen LogP contribution in [-0.4, -0.2) is 6.21 Å². The van der Waals surface area contributed by atoms with E-state index in [1.165, 1.54) is 0 Å². The van der Waals surface area contributed by atoms with E-state index in [1.807, 2.05) is 6.20 Å². The number of hydrogen-bond donors (Lipinski definition) is 0. The number of rotatable bonds is 0. The van der Waals surface area contributed by atoms with Crippen LogP contribution < -0.4 is 0 Å². The second kappa shape index (κ2) is 3.22. The van der Waals surface area contributed by atoms with Gasteiger partial charge in [-0.2, -0.15) is 0 Å². The molecule has 1 aliphatic heterocycles. The highest BCUT2D eigenvalue weighted by Crippen LogP contribution is 2.55. The fourth-order valence-electron chi connectivity index (χ4n) is 2.73. The second-order valence-electron chi connectivity index (χ2n) is 6.32. The summed E-state index contributed by atoms with van der Waals surface area (Å²) in [6.45, 7) is 13.9. The lowest BCUT2D eigenvalue weighted by molar-refractivity contribution is 0.0242. The third-order valence-electron chi connectivity index (χ3n) is 3.64. The summed E-state index contributed by atoms with van der Waals surface area (Å²) in [5.74, 6) is 0. The van der Waals surface area contributed by atoms with Crippen molar-refractivity contribution < 1.29 is 0 Å². The van der Waals surface area contributed by atoms with Crippen LogP contribution in [0.2, 0.25) is 0 Å². The van der Waals surface area contributed by atoms with Crippen LogP contribution in [0.4, 0.5) is 0 Å². The molecule has 0 spiro atoms. The Morgan fingerprint density at radius 3 is 1.71 bits per heavy atom. The first-order valence-corrected chi connectivity index (χ1v) is 5.40. The molecule has 80 valence electrons. The van der Waals surface area contributed by atoms with Crippen molar-refractivity contribution >= 4 is 6.21 Å². The van der Waals surface area contributed by atoms with Gasteiger partial charge in [-0.05, 0) is 17.3 Å². The van der Waals surface area contributed by atoms with Gasteiger partial charge in [-0.1, -0.05) is 47.6 Å². The van der Waals surface area contributed by atoms with E-state index in [-0.39, 0.29) is 16.2 Å². The van der Waals surface area contributed by atoms with Crippen molar-refractivity contribution in [3.05, 3.63) is 12.3 Å². The molecule has 0 unspecified atom stereocenters. The molecule has 0 bridgehead atoms. The van der Waals surface area contributed by atoms with E-state index in [9.17, 15) is 0 Å². The van der Waals surface area contributed by atoms with Crippen molar-refractivity contribution in [1.29, 1.82) is 0 Å². The molecule has 0 aromatic rings. The van der Waals surface area contributed by atoms with Crippen molar-refractivity contribution in [1.82, 2.24) is 0 Å². The molecule has 0 fully saturated rings. The standard InChI is InChI=1S/C13H23N/c1-11(2,3)13(12(4,5)6)7-9-14-10-8-13/h7,9-10H,8H2,1-6H3. The molecule has 0 aromatic heterocycles. The molecular formula is C13H23N. The van der Waals surface area contributed by atoms with Crippen LogP contribution in [0, 0.1) is 16.2 Å². The molecule has 14 heavy (non-hydrogen) atoms. The molecule has 0 aromatic carbocycles. The molecule has 0 N–H and O–H groups in total. The summed E-state index contributed by atoms with van der Waals surface area (Å²) in [6, 6.07) is 0. The molecule has 0 aliphatic carbocycles. The zero-order chi connectivity index (χ0) is 11.0. The van der Waals surface area contributed by atoms with E-state index in [0.717, 1.165) is 6.42 Å². The number of nitrogens with zero attached hydrogens (tertiary/aromatic N) is 1. The molecule has 0 saturated heterocycles. The van der Waals surface area contributed by atoms with E-state index in [4.69, 9.17) is 0 Å². The van der Waals surface area contributed by atoms with E-state index >= 15 is 0 Å².